The fraction of sp³-hybridized carbons (Fsp3) is 0.391. The fourth-order valence-corrected chi connectivity index (χ4v) is 3.68. The van der Waals surface area contributed by atoms with Gasteiger partial charge in [-0.05, 0) is 48.9 Å². The van der Waals surface area contributed by atoms with Crippen LogP contribution in [0.1, 0.15) is 50.2 Å². The molecule has 0 aromatic heterocycles. The second-order valence-corrected chi connectivity index (χ2v) is 7.06. The van der Waals surface area contributed by atoms with Crippen molar-refractivity contribution in [2.45, 2.75) is 51.6 Å². The topological polar surface area (TPSA) is 9.23 Å². The molecule has 27 heavy (non-hydrogen) atoms. The molecule has 2 unspecified atom stereocenters. The first-order chi connectivity index (χ1) is 13.0. The van der Waals surface area contributed by atoms with Crippen molar-refractivity contribution in [1.29, 1.82) is 0 Å². The van der Waals surface area contributed by atoms with Crippen molar-refractivity contribution in [3.63, 3.8) is 0 Å². The molecular formula is C23H25F3O. The highest BCUT2D eigenvalue weighted by atomic mass is 19.2. The number of allylic oxidation sites excluding steroid dienone is 1. The van der Waals surface area contributed by atoms with Crippen molar-refractivity contribution in [3.05, 3.63) is 71.1 Å². The van der Waals surface area contributed by atoms with Crippen LogP contribution in [0, 0.1) is 17.5 Å². The van der Waals surface area contributed by atoms with Crippen LogP contribution in [-0.4, -0.2) is 12.7 Å². The van der Waals surface area contributed by atoms with E-state index in [-0.39, 0.29) is 17.6 Å². The third-order valence-electron chi connectivity index (χ3n) is 5.15. The molecule has 0 amide bonds. The molecule has 0 radical (unpaired) electrons. The lowest BCUT2D eigenvalue weighted by atomic mass is 9.89. The highest BCUT2D eigenvalue weighted by Gasteiger charge is 2.24. The molecule has 0 saturated carbocycles. The molecule has 1 aliphatic heterocycles. The lowest BCUT2D eigenvalue weighted by molar-refractivity contribution is 0.0319. The van der Waals surface area contributed by atoms with Gasteiger partial charge in [0.05, 0.1) is 12.7 Å². The molecule has 0 bridgehead atoms. The number of halogens is 3. The van der Waals surface area contributed by atoms with Crippen LogP contribution in [0.3, 0.4) is 0 Å². The largest absolute Gasteiger partial charge is 0.374 e. The van der Waals surface area contributed by atoms with E-state index in [0.717, 1.165) is 19.3 Å². The van der Waals surface area contributed by atoms with Gasteiger partial charge in [-0.25, -0.2) is 13.2 Å². The van der Waals surface area contributed by atoms with Crippen molar-refractivity contribution < 1.29 is 17.9 Å². The average molecular weight is 374 g/mol. The smallest absolute Gasteiger partial charge is 0.166 e. The Balaban J connectivity index is 1.82. The van der Waals surface area contributed by atoms with Crippen LogP contribution in [0.4, 0.5) is 13.2 Å². The molecule has 2 aromatic rings. The predicted octanol–water partition coefficient (Wildman–Crippen LogP) is 6.56. The number of ether oxygens (including phenoxy) is 1. The Labute approximate surface area is 158 Å². The van der Waals surface area contributed by atoms with Crippen molar-refractivity contribution >= 4 is 0 Å². The zero-order chi connectivity index (χ0) is 19.4. The van der Waals surface area contributed by atoms with Crippen LogP contribution in [-0.2, 0) is 11.2 Å². The Bertz CT molecular complexity index is 821. The van der Waals surface area contributed by atoms with E-state index >= 15 is 0 Å². The first-order valence-electron chi connectivity index (χ1n) is 9.56. The summed E-state index contributed by atoms with van der Waals surface area (Å²) >= 11 is 0. The third-order valence-corrected chi connectivity index (χ3v) is 5.15. The van der Waals surface area contributed by atoms with Crippen molar-refractivity contribution in [1.82, 2.24) is 0 Å². The molecule has 4 heteroatoms. The predicted molar refractivity (Wildman–Crippen MR) is 102 cm³/mol. The Morgan fingerprint density at radius 2 is 1.89 bits per heavy atom. The SMILES string of the molecule is C/C=C/C1CCC(c2ccc(-c3ccc(CCC)c(F)c3F)cc2F)CO1. The molecule has 1 heterocycles. The minimum atomic E-state index is -0.914. The summed E-state index contributed by atoms with van der Waals surface area (Å²) in [5.41, 5.74) is 1.36. The van der Waals surface area contributed by atoms with Gasteiger partial charge >= 0.3 is 0 Å². The van der Waals surface area contributed by atoms with Crippen molar-refractivity contribution in [3.8, 4) is 11.1 Å². The summed E-state index contributed by atoms with van der Waals surface area (Å²) in [5, 5.41) is 0. The summed E-state index contributed by atoms with van der Waals surface area (Å²) in [7, 11) is 0. The fourth-order valence-electron chi connectivity index (χ4n) is 3.68. The van der Waals surface area contributed by atoms with Gasteiger partial charge in [-0.3, -0.25) is 0 Å². The maximum absolute atomic E-state index is 14.7. The number of hydrogen-bond acceptors (Lipinski definition) is 1. The third kappa shape index (κ3) is 4.27. The molecule has 1 nitrogen and oxygen atoms in total. The average Bonchev–Trinajstić information content (AvgIpc) is 2.67. The monoisotopic (exact) mass is 374 g/mol. The Morgan fingerprint density at radius 3 is 2.52 bits per heavy atom. The van der Waals surface area contributed by atoms with Crippen LogP contribution < -0.4 is 0 Å². The Morgan fingerprint density at radius 1 is 1.07 bits per heavy atom. The van der Waals surface area contributed by atoms with E-state index in [1.54, 1.807) is 18.2 Å². The number of rotatable bonds is 5. The van der Waals surface area contributed by atoms with Crippen LogP contribution in [0.2, 0.25) is 0 Å². The maximum Gasteiger partial charge on any atom is 0.166 e. The van der Waals surface area contributed by atoms with Crippen LogP contribution in [0.5, 0.6) is 0 Å². The molecule has 1 fully saturated rings. The first-order valence-corrected chi connectivity index (χ1v) is 9.56. The molecule has 0 N–H and O–H groups in total. The van der Waals surface area contributed by atoms with Crippen molar-refractivity contribution in [2.75, 3.05) is 6.61 Å². The molecule has 1 aliphatic rings. The second-order valence-electron chi connectivity index (χ2n) is 7.06. The minimum absolute atomic E-state index is 0.0194. The van der Waals surface area contributed by atoms with Crippen molar-refractivity contribution in [2.24, 2.45) is 0 Å². The molecule has 144 valence electrons. The van der Waals surface area contributed by atoms with E-state index in [0.29, 0.717) is 29.7 Å². The Hall–Kier alpha value is -2.07. The summed E-state index contributed by atoms with van der Waals surface area (Å²) in [4.78, 5) is 0. The first kappa shape index (κ1) is 19.7. The van der Waals surface area contributed by atoms with Crippen LogP contribution in [0.25, 0.3) is 11.1 Å². The number of aryl methyl sites for hydroxylation is 1. The van der Waals surface area contributed by atoms with Crippen LogP contribution >= 0.6 is 0 Å². The quantitative estimate of drug-likeness (QED) is 0.538. The zero-order valence-electron chi connectivity index (χ0n) is 15.8. The summed E-state index contributed by atoms with van der Waals surface area (Å²) in [6.07, 6.45) is 6.94. The minimum Gasteiger partial charge on any atom is -0.374 e. The molecule has 0 aliphatic carbocycles. The van der Waals surface area contributed by atoms with Gasteiger partial charge in [0, 0.05) is 11.5 Å². The van der Waals surface area contributed by atoms with E-state index in [2.05, 4.69) is 0 Å². The highest BCUT2D eigenvalue weighted by Crippen LogP contribution is 2.33. The summed E-state index contributed by atoms with van der Waals surface area (Å²) in [5.74, 6) is -2.17. The zero-order valence-corrected chi connectivity index (χ0v) is 15.8. The van der Waals surface area contributed by atoms with Gasteiger partial charge < -0.3 is 4.74 Å². The molecule has 2 atom stereocenters. The molecule has 3 rings (SSSR count). The number of hydrogen-bond donors (Lipinski definition) is 0. The van der Waals surface area contributed by atoms with Crippen LogP contribution in [0.15, 0.2) is 42.5 Å². The Kier molecular flexibility index (Phi) is 6.38. The van der Waals surface area contributed by atoms with Gasteiger partial charge in [0.15, 0.2) is 11.6 Å². The van der Waals surface area contributed by atoms with E-state index in [4.69, 9.17) is 4.74 Å². The summed E-state index contributed by atoms with van der Waals surface area (Å²) in [6.45, 7) is 4.32. The normalized spacial score (nSPS) is 20.3. The van der Waals surface area contributed by atoms with E-state index < -0.39 is 17.5 Å². The van der Waals surface area contributed by atoms with Gasteiger partial charge in [-0.15, -0.1) is 0 Å². The standard InChI is InChI=1S/C23H25F3O/c1-3-5-15-8-12-20(23(26)22(15)25)16-9-11-19(21(24)13-16)17-7-10-18(6-4-2)27-14-17/h4,6,8-9,11-13,17-18H,3,5,7,10,14H2,1-2H3/b6-4+. The van der Waals surface area contributed by atoms with Gasteiger partial charge in [0.2, 0.25) is 0 Å². The molecule has 2 aromatic carbocycles. The molecule has 0 spiro atoms. The number of benzene rings is 2. The highest BCUT2D eigenvalue weighted by molar-refractivity contribution is 5.65. The molecular weight excluding hydrogens is 349 g/mol. The lowest BCUT2D eigenvalue weighted by Gasteiger charge is -2.28. The van der Waals surface area contributed by atoms with E-state index in [1.165, 1.54) is 12.1 Å². The van der Waals surface area contributed by atoms with Gasteiger partial charge in [-0.1, -0.05) is 49.8 Å². The van der Waals surface area contributed by atoms with Gasteiger partial charge in [0.25, 0.3) is 0 Å². The van der Waals surface area contributed by atoms with E-state index in [1.807, 2.05) is 26.0 Å². The lowest BCUT2D eigenvalue weighted by Crippen LogP contribution is -2.23. The van der Waals surface area contributed by atoms with Gasteiger partial charge in [0.1, 0.15) is 5.82 Å². The van der Waals surface area contributed by atoms with Gasteiger partial charge in [-0.2, -0.15) is 0 Å². The van der Waals surface area contributed by atoms with E-state index in [9.17, 15) is 13.2 Å². The summed E-state index contributed by atoms with van der Waals surface area (Å²) < 4.78 is 49.1. The maximum atomic E-state index is 14.7. The second kappa shape index (κ2) is 8.75. The summed E-state index contributed by atoms with van der Waals surface area (Å²) in [6, 6.07) is 7.74. The molecule has 1 saturated heterocycles.